The Morgan fingerprint density at radius 3 is 2.40 bits per heavy atom. The third-order valence-electron chi connectivity index (χ3n) is 4.08. The molecule has 1 amide bonds. The number of piperazine rings is 1. The summed E-state index contributed by atoms with van der Waals surface area (Å²) in [5, 5.41) is 0. The number of hydrogen-bond acceptors (Lipinski definition) is 5. The highest BCUT2D eigenvalue weighted by Gasteiger charge is 2.24. The van der Waals surface area contributed by atoms with Crippen LogP contribution in [0.1, 0.15) is 16.1 Å². The number of benzene rings is 1. The van der Waals surface area contributed by atoms with Crippen molar-refractivity contribution >= 4 is 46.0 Å². The minimum Gasteiger partial charge on any atom is -0.459 e. The van der Waals surface area contributed by atoms with Gasteiger partial charge in [0.15, 0.2) is 5.76 Å². The molecule has 0 unspecified atom stereocenters. The van der Waals surface area contributed by atoms with Crippen LogP contribution in [0.15, 0.2) is 52.0 Å². The second kappa shape index (κ2) is 8.78. The van der Waals surface area contributed by atoms with Crippen LogP contribution in [-0.2, 0) is 5.75 Å². The minimum absolute atomic E-state index is 0.0443. The van der Waals surface area contributed by atoms with Gasteiger partial charge in [0, 0.05) is 36.8 Å². The Kier molecular flexibility index (Phi) is 6.45. The van der Waals surface area contributed by atoms with E-state index in [0.717, 1.165) is 23.2 Å². The van der Waals surface area contributed by atoms with E-state index >= 15 is 0 Å². The van der Waals surface area contributed by atoms with Gasteiger partial charge in [0.2, 0.25) is 0 Å². The maximum atomic E-state index is 12.3. The highest BCUT2D eigenvalue weighted by molar-refractivity contribution is 8.22. The number of nitrogens with zero attached hydrogens (tertiary/aromatic N) is 2. The molecule has 4 nitrogen and oxygen atoms in total. The smallest absolute Gasteiger partial charge is 0.289 e. The van der Waals surface area contributed by atoms with Crippen molar-refractivity contribution in [2.45, 2.75) is 10.6 Å². The van der Waals surface area contributed by atoms with E-state index in [-0.39, 0.29) is 5.91 Å². The zero-order chi connectivity index (χ0) is 17.6. The van der Waals surface area contributed by atoms with Crippen molar-refractivity contribution in [3.8, 4) is 0 Å². The van der Waals surface area contributed by atoms with Crippen LogP contribution in [0.3, 0.4) is 0 Å². The summed E-state index contributed by atoms with van der Waals surface area (Å²) in [5.41, 5.74) is 1.27. The maximum absolute atomic E-state index is 12.3. The van der Waals surface area contributed by atoms with Gasteiger partial charge in [-0.3, -0.25) is 4.79 Å². The third kappa shape index (κ3) is 4.80. The standard InChI is InChI=1S/C18H20N2O2S3/c1-24-15-6-4-14(5-7-15)13-25-18(23)20-10-8-19(9-11-20)17(21)16-3-2-12-22-16/h2-7,12H,8-11,13H2,1H3. The van der Waals surface area contributed by atoms with Gasteiger partial charge in [-0.2, -0.15) is 0 Å². The quantitative estimate of drug-likeness (QED) is 0.579. The third-order valence-corrected chi connectivity index (χ3v) is 6.42. The van der Waals surface area contributed by atoms with E-state index in [1.807, 2.05) is 4.90 Å². The average Bonchev–Trinajstić information content (AvgIpc) is 3.21. The molecule has 25 heavy (non-hydrogen) atoms. The monoisotopic (exact) mass is 392 g/mol. The van der Waals surface area contributed by atoms with Crippen molar-refractivity contribution in [3.05, 3.63) is 54.0 Å². The fourth-order valence-electron chi connectivity index (χ4n) is 2.61. The number of thioether (sulfide) groups is 2. The van der Waals surface area contributed by atoms with Gasteiger partial charge >= 0.3 is 0 Å². The SMILES string of the molecule is CSc1ccc(CSC(=S)N2CCN(C(=O)c3ccco3)CC2)cc1. The number of hydrogen-bond donors (Lipinski definition) is 0. The molecular weight excluding hydrogens is 372 g/mol. The Morgan fingerprint density at radius 1 is 1.12 bits per heavy atom. The van der Waals surface area contributed by atoms with E-state index in [9.17, 15) is 4.79 Å². The first kappa shape index (κ1) is 18.4. The van der Waals surface area contributed by atoms with E-state index in [1.165, 1.54) is 16.7 Å². The fraction of sp³-hybridized carbons (Fsp3) is 0.333. The van der Waals surface area contributed by atoms with Crippen LogP contribution in [0.4, 0.5) is 0 Å². The predicted molar refractivity (Wildman–Crippen MR) is 108 cm³/mol. The largest absolute Gasteiger partial charge is 0.459 e. The molecule has 0 bridgehead atoms. The van der Waals surface area contributed by atoms with E-state index in [1.54, 1.807) is 35.7 Å². The molecule has 0 saturated carbocycles. The molecule has 0 spiro atoms. The first-order chi connectivity index (χ1) is 12.2. The molecule has 2 aromatic rings. The van der Waals surface area contributed by atoms with Crippen LogP contribution in [-0.4, -0.2) is 52.5 Å². The zero-order valence-corrected chi connectivity index (χ0v) is 16.5. The van der Waals surface area contributed by atoms with Gasteiger partial charge in [-0.15, -0.1) is 11.8 Å². The fourth-order valence-corrected chi connectivity index (χ4v) is 4.22. The van der Waals surface area contributed by atoms with Crippen LogP contribution in [0, 0.1) is 0 Å². The Bertz CT molecular complexity index is 708. The summed E-state index contributed by atoms with van der Waals surface area (Å²) in [7, 11) is 0. The summed E-state index contributed by atoms with van der Waals surface area (Å²) >= 11 is 9.00. The summed E-state index contributed by atoms with van der Waals surface area (Å²) in [4.78, 5) is 17.6. The summed E-state index contributed by atoms with van der Waals surface area (Å²) < 4.78 is 6.09. The molecule has 7 heteroatoms. The topological polar surface area (TPSA) is 36.7 Å². The molecule has 0 aliphatic carbocycles. The maximum Gasteiger partial charge on any atom is 0.289 e. The molecule has 132 valence electrons. The zero-order valence-electron chi connectivity index (χ0n) is 14.0. The molecule has 0 atom stereocenters. The molecular formula is C18H20N2O2S3. The Labute approximate surface area is 161 Å². The second-order valence-electron chi connectivity index (χ2n) is 5.66. The molecule has 1 aromatic heterocycles. The number of amides is 1. The average molecular weight is 393 g/mol. The highest BCUT2D eigenvalue weighted by Crippen LogP contribution is 2.21. The summed E-state index contributed by atoms with van der Waals surface area (Å²) in [6.07, 6.45) is 3.61. The Balaban J connectivity index is 1.45. The van der Waals surface area contributed by atoms with E-state index in [0.29, 0.717) is 18.8 Å². The minimum atomic E-state index is -0.0443. The van der Waals surface area contributed by atoms with Gasteiger partial charge in [0.1, 0.15) is 4.32 Å². The highest BCUT2D eigenvalue weighted by atomic mass is 32.2. The molecule has 0 N–H and O–H groups in total. The lowest BCUT2D eigenvalue weighted by Crippen LogP contribution is -2.49. The first-order valence-electron chi connectivity index (χ1n) is 8.05. The van der Waals surface area contributed by atoms with E-state index < -0.39 is 0 Å². The normalized spacial score (nSPS) is 14.6. The van der Waals surface area contributed by atoms with Crippen molar-refractivity contribution in [2.75, 3.05) is 32.4 Å². The summed E-state index contributed by atoms with van der Waals surface area (Å²) in [6, 6.07) is 12.0. The number of furan rings is 1. The second-order valence-corrected chi connectivity index (χ2v) is 8.15. The molecule has 1 aliphatic rings. The van der Waals surface area contributed by atoms with Gasteiger partial charge in [-0.25, -0.2) is 0 Å². The number of rotatable bonds is 4. The number of carbonyl (C=O) groups excluding carboxylic acids is 1. The molecule has 1 fully saturated rings. The molecule has 1 aromatic carbocycles. The molecule has 0 radical (unpaired) electrons. The van der Waals surface area contributed by atoms with Gasteiger partial charge < -0.3 is 14.2 Å². The lowest BCUT2D eigenvalue weighted by Gasteiger charge is -2.35. The van der Waals surface area contributed by atoms with Crippen molar-refractivity contribution in [2.24, 2.45) is 0 Å². The van der Waals surface area contributed by atoms with Crippen molar-refractivity contribution in [3.63, 3.8) is 0 Å². The van der Waals surface area contributed by atoms with Gasteiger partial charge in [-0.05, 0) is 36.1 Å². The van der Waals surface area contributed by atoms with Crippen molar-refractivity contribution < 1.29 is 9.21 Å². The molecule has 3 rings (SSSR count). The van der Waals surface area contributed by atoms with Crippen molar-refractivity contribution in [1.29, 1.82) is 0 Å². The molecule has 2 heterocycles. The van der Waals surface area contributed by atoms with Crippen LogP contribution in [0.2, 0.25) is 0 Å². The first-order valence-corrected chi connectivity index (χ1v) is 10.7. The van der Waals surface area contributed by atoms with Crippen LogP contribution in [0.25, 0.3) is 0 Å². The van der Waals surface area contributed by atoms with Crippen LogP contribution >= 0.6 is 35.7 Å². The summed E-state index contributed by atoms with van der Waals surface area (Å²) in [5.74, 6) is 1.23. The van der Waals surface area contributed by atoms with E-state index in [2.05, 4.69) is 35.4 Å². The van der Waals surface area contributed by atoms with Gasteiger partial charge in [0.05, 0.1) is 6.26 Å². The van der Waals surface area contributed by atoms with Crippen LogP contribution < -0.4 is 0 Å². The lowest BCUT2D eigenvalue weighted by atomic mass is 10.2. The predicted octanol–water partition coefficient (Wildman–Crippen LogP) is 3.98. The molecule has 1 saturated heterocycles. The summed E-state index contributed by atoms with van der Waals surface area (Å²) in [6.45, 7) is 2.87. The van der Waals surface area contributed by atoms with Gasteiger partial charge in [0.25, 0.3) is 5.91 Å². The van der Waals surface area contributed by atoms with E-state index in [4.69, 9.17) is 16.6 Å². The van der Waals surface area contributed by atoms with Crippen molar-refractivity contribution in [1.82, 2.24) is 9.80 Å². The number of thiocarbonyl (C=S) groups is 1. The Hall–Kier alpha value is -1.44. The Morgan fingerprint density at radius 2 is 1.80 bits per heavy atom. The van der Waals surface area contributed by atoms with Crippen LogP contribution in [0.5, 0.6) is 0 Å². The number of carbonyl (C=O) groups is 1. The lowest BCUT2D eigenvalue weighted by molar-refractivity contribution is 0.0663. The van der Waals surface area contributed by atoms with Gasteiger partial charge in [-0.1, -0.05) is 36.1 Å². The molecule has 1 aliphatic heterocycles.